The van der Waals surface area contributed by atoms with Crippen LogP contribution >= 0.6 is 11.6 Å². The van der Waals surface area contributed by atoms with Gasteiger partial charge in [-0.3, -0.25) is 9.59 Å². The van der Waals surface area contributed by atoms with Crippen LogP contribution in [0.1, 0.15) is 31.8 Å². The molecule has 186 valence electrons. The number of fused-ring (bicyclic) bond motifs is 2. The summed E-state index contributed by atoms with van der Waals surface area (Å²) in [6, 6.07) is 24.9. The molecule has 1 atom stereocenters. The Morgan fingerprint density at radius 2 is 1.59 bits per heavy atom. The largest absolute Gasteiger partial charge is 0.352 e. The lowest BCUT2D eigenvalue weighted by atomic mass is 10.1. The van der Waals surface area contributed by atoms with E-state index in [0.29, 0.717) is 50.2 Å². The molecule has 0 saturated carbocycles. The molecule has 0 unspecified atom stereocenters. The van der Waals surface area contributed by atoms with Gasteiger partial charge in [0.2, 0.25) is 0 Å². The summed E-state index contributed by atoms with van der Waals surface area (Å²) < 4.78 is 27.0. The van der Waals surface area contributed by atoms with Crippen LogP contribution in [0.3, 0.4) is 0 Å². The molecule has 0 aliphatic carbocycles. The van der Waals surface area contributed by atoms with Gasteiger partial charge in [0.1, 0.15) is 5.82 Å². The summed E-state index contributed by atoms with van der Waals surface area (Å²) in [5.41, 5.74) is 2.79. The Labute approximate surface area is 221 Å². The van der Waals surface area contributed by atoms with Crippen molar-refractivity contribution in [2.24, 2.45) is 0 Å². The summed E-state index contributed by atoms with van der Waals surface area (Å²) in [5.74, 6) is -1.03. The summed E-state index contributed by atoms with van der Waals surface area (Å²) in [4.78, 5) is 29.0. The van der Waals surface area contributed by atoms with Crippen LogP contribution in [0.4, 0.5) is 10.1 Å². The fourth-order valence-corrected chi connectivity index (χ4v) is 5.68. The number of halogens is 2. The predicted octanol–water partition coefficient (Wildman–Crippen LogP) is 5.78. The maximum absolute atomic E-state index is 13.7. The Balaban J connectivity index is 1.46. The molecule has 0 spiro atoms. The Bertz CT molecular complexity index is 1510. The third kappa shape index (κ3) is 5.33. The van der Waals surface area contributed by atoms with E-state index in [1.165, 1.54) is 17.0 Å². The number of carbonyl (C=O) groups is 2. The molecular weight excluding hydrogens is 511 g/mol. The highest BCUT2D eigenvalue weighted by atomic mass is 35.5. The summed E-state index contributed by atoms with van der Waals surface area (Å²) in [7, 11) is -1.63. The summed E-state index contributed by atoms with van der Waals surface area (Å²) >= 11 is 5.93. The highest BCUT2D eigenvalue weighted by Crippen LogP contribution is 2.36. The van der Waals surface area contributed by atoms with E-state index >= 15 is 0 Å². The first-order valence-electron chi connectivity index (χ1n) is 11.6. The fourth-order valence-electron chi connectivity index (χ4n) is 4.21. The van der Waals surface area contributed by atoms with Crippen molar-refractivity contribution in [3.05, 3.63) is 124 Å². The van der Waals surface area contributed by atoms with Crippen molar-refractivity contribution in [2.45, 2.75) is 22.8 Å². The number of nitrogens with zero attached hydrogens (tertiary/aromatic N) is 1. The molecule has 0 radical (unpaired) electrons. The minimum absolute atomic E-state index is 0.124. The van der Waals surface area contributed by atoms with Crippen LogP contribution in [0.25, 0.3) is 0 Å². The van der Waals surface area contributed by atoms with Gasteiger partial charge in [-0.15, -0.1) is 0 Å². The van der Waals surface area contributed by atoms with Crippen LogP contribution in [0.15, 0.2) is 101 Å². The van der Waals surface area contributed by atoms with Crippen LogP contribution in [0.2, 0.25) is 5.02 Å². The second kappa shape index (κ2) is 10.7. The zero-order valence-electron chi connectivity index (χ0n) is 19.6. The number of carbonyl (C=O) groups excluding carboxylic acids is 2. The number of amides is 2. The second-order valence-corrected chi connectivity index (χ2v) is 10.5. The SMILES string of the molecule is O=C(NCCc1ccc(Cl)cc1)c1ccc2c(c1)N(Cc1ccc(F)cc1)C(=O)c1ccccc1[S@@]2=O. The topological polar surface area (TPSA) is 66.5 Å². The van der Waals surface area contributed by atoms with Crippen molar-refractivity contribution >= 4 is 39.9 Å². The number of nitrogens with one attached hydrogen (secondary N) is 1. The summed E-state index contributed by atoms with van der Waals surface area (Å²) in [6.45, 7) is 0.534. The first-order chi connectivity index (χ1) is 17.9. The van der Waals surface area contributed by atoms with Crippen LogP contribution < -0.4 is 10.2 Å². The van der Waals surface area contributed by atoms with Crippen molar-refractivity contribution in [1.82, 2.24) is 5.32 Å². The molecule has 5 rings (SSSR count). The first-order valence-corrected chi connectivity index (χ1v) is 13.2. The molecule has 1 aliphatic heterocycles. The number of hydrogen-bond donors (Lipinski definition) is 1. The minimum Gasteiger partial charge on any atom is -0.352 e. The van der Waals surface area contributed by atoms with Crippen LogP contribution in [-0.4, -0.2) is 22.6 Å². The highest BCUT2D eigenvalue weighted by molar-refractivity contribution is 7.85. The zero-order chi connectivity index (χ0) is 25.9. The van der Waals surface area contributed by atoms with Gasteiger partial charge in [-0.2, -0.15) is 0 Å². The lowest BCUT2D eigenvalue weighted by Crippen LogP contribution is -2.31. The van der Waals surface area contributed by atoms with Crippen molar-refractivity contribution < 1.29 is 18.2 Å². The first kappa shape index (κ1) is 24.9. The average molecular weight is 533 g/mol. The lowest BCUT2D eigenvalue weighted by molar-refractivity contribution is 0.0950. The molecule has 2 amide bonds. The standard InChI is InChI=1S/C29H22ClFN2O3S/c30-22-10-5-19(6-11-22)15-16-32-28(34)21-9-14-27-25(17-21)33(18-20-7-12-23(31)13-8-20)29(35)24-3-1-2-4-26(24)37(27)36/h1-14,17H,15-16,18H2,(H,32,34)/t37-/m0/s1. The molecule has 4 aromatic carbocycles. The Hall–Kier alpha value is -3.81. The predicted molar refractivity (Wildman–Crippen MR) is 142 cm³/mol. The van der Waals surface area contributed by atoms with E-state index in [2.05, 4.69) is 5.32 Å². The van der Waals surface area contributed by atoms with Crippen molar-refractivity contribution in [3.8, 4) is 0 Å². The van der Waals surface area contributed by atoms with E-state index in [4.69, 9.17) is 11.6 Å². The molecule has 5 nitrogen and oxygen atoms in total. The number of hydrogen-bond acceptors (Lipinski definition) is 3. The van der Waals surface area contributed by atoms with E-state index in [1.54, 1.807) is 66.7 Å². The van der Waals surface area contributed by atoms with Gasteiger partial charge in [0.15, 0.2) is 0 Å². The maximum atomic E-state index is 13.7. The van der Waals surface area contributed by atoms with Gasteiger partial charge in [-0.1, -0.05) is 48.0 Å². The minimum atomic E-state index is -1.63. The molecule has 0 aromatic heterocycles. The molecule has 37 heavy (non-hydrogen) atoms. The van der Waals surface area contributed by atoms with E-state index in [1.807, 2.05) is 12.1 Å². The van der Waals surface area contributed by atoms with Crippen molar-refractivity contribution in [2.75, 3.05) is 11.4 Å². The third-order valence-electron chi connectivity index (χ3n) is 6.14. The van der Waals surface area contributed by atoms with E-state index < -0.39 is 10.8 Å². The Kier molecular flexibility index (Phi) is 7.17. The second-order valence-electron chi connectivity index (χ2n) is 8.60. The average Bonchev–Trinajstić information content (AvgIpc) is 3.00. The maximum Gasteiger partial charge on any atom is 0.259 e. The monoisotopic (exact) mass is 532 g/mol. The van der Waals surface area contributed by atoms with Crippen LogP contribution in [0.5, 0.6) is 0 Å². The van der Waals surface area contributed by atoms with Gasteiger partial charge < -0.3 is 10.2 Å². The highest BCUT2D eigenvalue weighted by Gasteiger charge is 2.31. The normalized spacial score (nSPS) is 14.5. The molecule has 8 heteroatoms. The van der Waals surface area contributed by atoms with E-state index in [0.717, 1.165) is 5.56 Å². The van der Waals surface area contributed by atoms with Gasteiger partial charge in [-0.25, -0.2) is 8.60 Å². The fraction of sp³-hybridized carbons (Fsp3) is 0.103. The number of rotatable bonds is 6. The Morgan fingerprint density at radius 1 is 0.892 bits per heavy atom. The molecule has 1 aliphatic rings. The number of anilines is 1. The Morgan fingerprint density at radius 3 is 2.35 bits per heavy atom. The quantitative estimate of drug-likeness (QED) is 0.342. The molecule has 0 bridgehead atoms. The van der Waals surface area contributed by atoms with Gasteiger partial charge in [-0.05, 0) is 72.1 Å². The lowest BCUT2D eigenvalue weighted by Gasteiger charge is -2.23. The molecular formula is C29H22ClFN2O3S. The van der Waals surface area contributed by atoms with Crippen LogP contribution in [0, 0.1) is 5.82 Å². The molecule has 1 N–H and O–H groups in total. The van der Waals surface area contributed by atoms with E-state index in [9.17, 15) is 18.2 Å². The molecule has 0 fully saturated rings. The van der Waals surface area contributed by atoms with E-state index in [-0.39, 0.29) is 24.2 Å². The van der Waals surface area contributed by atoms with Crippen molar-refractivity contribution in [1.29, 1.82) is 0 Å². The number of benzene rings is 4. The third-order valence-corrected chi connectivity index (χ3v) is 7.89. The molecule has 0 saturated heterocycles. The van der Waals surface area contributed by atoms with Crippen LogP contribution in [-0.2, 0) is 23.8 Å². The van der Waals surface area contributed by atoms with Gasteiger partial charge in [0.25, 0.3) is 11.8 Å². The smallest absolute Gasteiger partial charge is 0.259 e. The zero-order valence-corrected chi connectivity index (χ0v) is 21.2. The van der Waals surface area contributed by atoms with Gasteiger partial charge in [0, 0.05) is 17.1 Å². The molecule has 1 heterocycles. The molecule has 4 aromatic rings. The summed E-state index contributed by atoms with van der Waals surface area (Å²) in [5, 5.41) is 3.55. The van der Waals surface area contributed by atoms with Crippen molar-refractivity contribution in [3.63, 3.8) is 0 Å². The summed E-state index contributed by atoms with van der Waals surface area (Å²) in [6.07, 6.45) is 0.627. The van der Waals surface area contributed by atoms with Gasteiger partial charge >= 0.3 is 0 Å². The van der Waals surface area contributed by atoms with Gasteiger partial charge in [0.05, 0.1) is 38.4 Å².